The van der Waals surface area contributed by atoms with Crippen molar-refractivity contribution in [3.05, 3.63) is 66.0 Å². The van der Waals surface area contributed by atoms with Gasteiger partial charge in [0.25, 0.3) is 0 Å². The lowest BCUT2D eigenvalue weighted by Crippen LogP contribution is -2.49. The van der Waals surface area contributed by atoms with Gasteiger partial charge >= 0.3 is 0 Å². The standard InChI is InChI=1S/C26H38N8OS2/c1-18(2)26(5,27)35-17-15-25(3,4)30-24(37)34-31-21(19-12-8-7-9-13-19)22(32-33-23(36)28-6)20-14-10-11-16-29-20/h7-14,16,18H,15,17,27H2,1-6H3,(H2,28,33,36)(H2,30,34,37)/b31-21+,32-22+. The van der Waals surface area contributed by atoms with Crippen LogP contribution in [-0.4, -0.2) is 51.6 Å². The van der Waals surface area contributed by atoms with Gasteiger partial charge < -0.3 is 21.1 Å². The summed E-state index contributed by atoms with van der Waals surface area (Å²) in [6.45, 7) is 10.5. The molecule has 0 saturated heterocycles. The van der Waals surface area contributed by atoms with E-state index in [2.05, 4.69) is 36.7 Å². The molecule has 11 heteroatoms. The maximum Gasteiger partial charge on any atom is 0.187 e. The third-order valence-electron chi connectivity index (χ3n) is 5.68. The van der Waals surface area contributed by atoms with E-state index in [-0.39, 0.29) is 11.5 Å². The Balaban J connectivity index is 2.26. The molecule has 0 radical (unpaired) electrons. The summed E-state index contributed by atoms with van der Waals surface area (Å²) in [7, 11) is 1.72. The summed E-state index contributed by atoms with van der Waals surface area (Å²) >= 11 is 10.8. The van der Waals surface area contributed by atoms with Crippen molar-refractivity contribution < 1.29 is 4.74 Å². The van der Waals surface area contributed by atoms with Crippen molar-refractivity contribution in [2.24, 2.45) is 21.9 Å². The van der Waals surface area contributed by atoms with Gasteiger partial charge in [-0.15, -0.1) is 0 Å². The van der Waals surface area contributed by atoms with Crippen LogP contribution in [0.3, 0.4) is 0 Å². The van der Waals surface area contributed by atoms with E-state index in [1.54, 1.807) is 13.2 Å². The van der Waals surface area contributed by atoms with Crippen LogP contribution in [0, 0.1) is 5.92 Å². The number of pyridine rings is 1. The Morgan fingerprint density at radius 1 is 0.973 bits per heavy atom. The average Bonchev–Trinajstić information content (AvgIpc) is 2.86. The molecule has 1 unspecified atom stereocenters. The van der Waals surface area contributed by atoms with Crippen molar-refractivity contribution in [2.45, 2.75) is 52.3 Å². The Labute approximate surface area is 230 Å². The van der Waals surface area contributed by atoms with E-state index in [0.717, 1.165) is 5.56 Å². The van der Waals surface area contributed by atoms with Gasteiger partial charge in [-0.3, -0.25) is 15.8 Å². The van der Waals surface area contributed by atoms with E-state index in [4.69, 9.17) is 34.9 Å². The van der Waals surface area contributed by atoms with Crippen LogP contribution in [0.25, 0.3) is 0 Å². The zero-order valence-corrected chi connectivity index (χ0v) is 24.0. The zero-order valence-electron chi connectivity index (χ0n) is 22.3. The fourth-order valence-corrected chi connectivity index (χ4v) is 3.31. The third kappa shape index (κ3) is 10.1. The summed E-state index contributed by atoms with van der Waals surface area (Å²) in [6.07, 6.45) is 2.38. The van der Waals surface area contributed by atoms with E-state index >= 15 is 0 Å². The largest absolute Gasteiger partial charge is 0.364 e. The van der Waals surface area contributed by atoms with Gasteiger partial charge in [-0.1, -0.05) is 50.2 Å². The Bertz CT molecular complexity index is 1090. The fraction of sp³-hybridized carbons (Fsp3) is 0.423. The summed E-state index contributed by atoms with van der Waals surface area (Å²) in [5, 5.41) is 16.0. The van der Waals surface area contributed by atoms with Gasteiger partial charge in [0.2, 0.25) is 0 Å². The third-order valence-corrected chi connectivity index (χ3v) is 6.17. The van der Waals surface area contributed by atoms with Gasteiger partial charge in [-0.05, 0) is 69.7 Å². The topological polar surface area (TPSA) is 121 Å². The van der Waals surface area contributed by atoms with Crippen molar-refractivity contribution in [3.8, 4) is 0 Å². The minimum absolute atomic E-state index is 0.198. The predicted octanol–water partition coefficient (Wildman–Crippen LogP) is 3.26. The molecular formula is C26H38N8OS2. The van der Waals surface area contributed by atoms with Crippen LogP contribution in [0.2, 0.25) is 0 Å². The number of hydrogen-bond donors (Lipinski definition) is 5. The average molecular weight is 543 g/mol. The van der Waals surface area contributed by atoms with Gasteiger partial charge in [0.15, 0.2) is 10.2 Å². The van der Waals surface area contributed by atoms with E-state index in [1.807, 2.05) is 83.1 Å². The minimum atomic E-state index is -0.686. The lowest BCUT2D eigenvalue weighted by molar-refractivity contribution is -0.0649. The van der Waals surface area contributed by atoms with Crippen molar-refractivity contribution in [3.63, 3.8) is 0 Å². The molecule has 0 saturated carbocycles. The van der Waals surface area contributed by atoms with Gasteiger partial charge in [0.05, 0.1) is 12.3 Å². The molecule has 2 aromatic rings. The van der Waals surface area contributed by atoms with Crippen molar-refractivity contribution in [1.29, 1.82) is 0 Å². The molecule has 0 amide bonds. The van der Waals surface area contributed by atoms with Crippen LogP contribution in [0.5, 0.6) is 0 Å². The number of nitrogens with one attached hydrogen (secondary N) is 4. The molecule has 0 aliphatic rings. The number of thiocarbonyl (C=S) groups is 2. The minimum Gasteiger partial charge on any atom is -0.364 e. The Kier molecular flexibility index (Phi) is 11.5. The Hall–Kier alpha value is -2.99. The molecule has 0 aliphatic carbocycles. The molecule has 0 aliphatic heterocycles. The molecule has 1 aromatic heterocycles. The number of aromatic nitrogens is 1. The highest BCUT2D eigenvalue weighted by Crippen LogP contribution is 2.17. The molecule has 37 heavy (non-hydrogen) atoms. The molecule has 1 atom stereocenters. The monoisotopic (exact) mass is 542 g/mol. The molecule has 0 fully saturated rings. The molecule has 0 bridgehead atoms. The lowest BCUT2D eigenvalue weighted by Gasteiger charge is -2.32. The predicted molar refractivity (Wildman–Crippen MR) is 159 cm³/mol. The van der Waals surface area contributed by atoms with Gasteiger partial charge in [-0.2, -0.15) is 10.2 Å². The molecule has 2 rings (SSSR count). The number of hydrazone groups is 2. The first-order chi connectivity index (χ1) is 17.4. The second kappa shape index (κ2) is 14.1. The molecule has 1 aromatic carbocycles. The molecular weight excluding hydrogens is 504 g/mol. The molecule has 200 valence electrons. The first-order valence-corrected chi connectivity index (χ1v) is 12.9. The van der Waals surface area contributed by atoms with Crippen molar-refractivity contribution in [2.75, 3.05) is 13.7 Å². The quantitative estimate of drug-likeness (QED) is 0.126. The normalized spacial score (nSPS) is 14.1. The summed E-state index contributed by atoms with van der Waals surface area (Å²) in [5.41, 5.74) is 13.4. The molecule has 0 spiro atoms. The maximum atomic E-state index is 6.22. The highest BCUT2D eigenvalue weighted by atomic mass is 32.1. The van der Waals surface area contributed by atoms with Crippen LogP contribution in [0.15, 0.2) is 64.9 Å². The zero-order chi connectivity index (χ0) is 27.5. The van der Waals surface area contributed by atoms with Crippen LogP contribution in [-0.2, 0) is 4.74 Å². The molecule has 9 nitrogen and oxygen atoms in total. The van der Waals surface area contributed by atoms with Crippen LogP contribution < -0.4 is 27.2 Å². The second-order valence-corrected chi connectivity index (χ2v) is 10.4. The van der Waals surface area contributed by atoms with E-state index in [0.29, 0.717) is 40.4 Å². The number of ether oxygens (including phenoxy) is 1. The SMILES string of the molecule is CNC(=S)N/N=C(/C(=N/NC(=S)NC(C)(C)CCOC(C)(N)C(C)C)c1ccccc1)c1ccccn1. The number of hydrogen-bond acceptors (Lipinski definition) is 7. The maximum absolute atomic E-state index is 6.22. The van der Waals surface area contributed by atoms with Gasteiger partial charge in [0.1, 0.15) is 17.1 Å². The number of rotatable bonds is 11. The van der Waals surface area contributed by atoms with Crippen molar-refractivity contribution >= 4 is 46.1 Å². The Morgan fingerprint density at radius 2 is 1.59 bits per heavy atom. The molecule has 1 heterocycles. The number of nitrogens with two attached hydrogens (primary N) is 1. The van der Waals surface area contributed by atoms with Gasteiger partial charge in [-0.25, -0.2) is 0 Å². The highest BCUT2D eigenvalue weighted by molar-refractivity contribution is 7.80. The van der Waals surface area contributed by atoms with Gasteiger partial charge in [0, 0.05) is 24.3 Å². The first kappa shape index (κ1) is 30.2. The number of benzene rings is 1. The summed E-state index contributed by atoms with van der Waals surface area (Å²) in [5.74, 6) is 0.198. The summed E-state index contributed by atoms with van der Waals surface area (Å²) in [6, 6.07) is 15.2. The van der Waals surface area contributed by atoms with Crippen LogP contribution in [0.4, 0.5) is 0 Å². The summed E-state index contributed by atoms with van der Waals surface area (Å²) in [4.78, 5) is 4.47. The van der Waals surface area contributed by atoms with Crippen molar-refractivity contribution in [1.82, 2.24) is 26.5 Å². The fourth-order valence-electron chi connectivity index (χ4n) is 2.94. The van der Waals surface area contributed by atoms with E-state index in [1.165, 1.54) is 0 Å². The van der Waals surface area contributed by atoms with E-state index in [9.17, 15) is 0 Å². The second-order valence-electron chi connectivity index (χ2n) is 9.58. The van der Waals surface area contributed by atoms with E-state index < -0.39 is 5.72 Å². The number of nitrogens with zero attached hydrogens (tertiary/aromatic N) is 3. The smallest absolute Gasteiger partial charge is 0.187 e. The highest BCUT2D eigenvalue weighted by Gasteiger charge is 2.26. The summed E-state index contributed by atoms with van der Waals surface area (Å²) < 4.78 is 5.90. The molecule has 6 N–H and O–H groups in total. The lowest BCUT2D eigenvalue weighted by atomic mass is 10.0. The first-order valence-electron chi connectivity index (χ1n) is 12.1. The van der Waals surface area contributed by atoms with Crippen LogP contribution >= 0.6 is 24.4 Å². The van der Waals surface area contributed by atoms with Crippen LogP contribution in [0.1, 0.15) is 52.3 Å². The Morgan fingerprint density at radius 3 is 2.19 bits per heavy atom.